The van der Waals surface area contributed by atoms with Gasteiger partial charge in [0.2, 0.25) is 0 Å². The van der Waals surface area contributed by atoms with Gasteiger partial charge < -0.3 is 0 Å². The molecule has 0 fully saturated rings. The van der Waals surface area contributed by atoms with Crippen molar-refractivity contribution < 1.29 is 0 Å². The molecule has 0 saturated carbocycles. The van der Waals surface area contributed by atoms with E-state index in [1.54, 1.807) is 0 Å². The van der Waals surface area contributed by atoms with E-state index >= 15 is 0 Å². The van der Waals surface area contributed by atoms with E-state index in [0.29, 0.717) is 0 Å². The largest absolute Gasteiger partial charge is 0.253 e. The molecule has 2 aromatic rings. The quantitative estimate of drug-likeness (QED) is 0.751. The van der Waals surface area contributed by atoms with E-state index < -0.39 is 0 Å². The van der Waals surface area contributed by atoms with E-state index in [1.807, 2.05) is 0 Å². The lowest BCUT2D eigenvalue weighted by molar-refractivity contribution is 0.671. The Hall–Kier alpha value is -1.37. The van der Waals surface area contributed by atoms with Gasteiger partial charge in [-0.25, -0.2) is 0 Å². The van der Waals surface area contributed by atoms with Gasteiger partial charge in [-0.1, -0.05) is 25.5 Å². The van der Waals surface area contributed by atoms with Gasteiger partial charge in [-0.15, -0.1) is 0 Å². The minimum Gasteiger partial charge on any atom is -0.253 e. The van der Waals surface area contributed by atoms with Gasteiger partial charge in [0.25, 0.3) is 0 Å². The smallest absolute Gasteiger partial charge is 0.0708 e. The van der Waals surface area contributed by atoms with Gasteiger partial charge in [0.15, 0.2) is 0 Å². The molecule has 0 spiro atoms. The van der Waals surface area contributed by atoms with E-state index in [0.717, 1.165) is 6.42 Å². The normalized spacial score (nSPS) is 14.9. The van der Waals surface area contributed by atoms with Crippen LogP contribution in [0.4, 0.5) is 0 Å². The van der Waals surface area contributed by atoms with Crippen molar-refractivity contribution in [3.05, 3.63) is 41.1 Å². The number of hydrogen-bond donors (Lipinski definition) is 0. The van der Waals surface area contributed by atoms with Crippen molar-refractivity contribution in [3.8, 4) is 0 Å². The number of fused-ring (bicyclic) bond motifs is 2. The monoisotopic (exact) mass is 225 g/mol. The molecule has 0 bridgehead atoms. The van der Waals surface area contributed by atoms with Gasteiger partial charge in [-0.2, -0.15) is 0 Å². The molecule has 0 radical (unpaired) electrons. The molecule has 0 unspecified atom stereocenters. The van der Waals surface area contributed by atoms with E-state index in [-0.39, 0.29) is 0 Å². The van der Waals surface area contributed by atoms with Crippen LogP contribution in [0.2, 0.25) is 0 Å². The maximum atomic E-state index is 4.86. The number of rotatable bonds is 2. The summed E-state index contributed by atoms with van der Waals surface area (Å²) in [5, 5.41) is 1.38. The highest BCUT2D eigenvalue weighted by atomic mass is 14.7. The zero-order valence-electron chi connectivity index (χ0n) is 10.5. The lowest BCUT2D eigenvalue weighted by atomic mass is 9.93. The Balaban J connectivity index is 2.19. The first-order chi connectivity index (χ1) is 8.38. The van der Waals surface area contributed by atoms with Crippen molar-refractivity contribution in [1.29, 1.82) is 0 Å². The zero-order chi connectivity index (χ0) is 11.7. The van der Waals surface area contributed by atoms with Crippen LogP contribution in [-0.2, 0) is 19.3 Å². The van der Waals surface area contributed by atoms with Gasteiger partial charge in [-0.3, -0.25) is 4.98 Å². The SMILES string of the molecule is CCCc1cccc2nc3c(cc12)CCCC3. The molecular weight excluding hydrogens is 206 g/mol. The summed E-state index contributed by atoms with van der Waals surface area (Å²) in [6, 6.07) is 8.96. The first-order valence-electron chi connectivity index (χ1n) is 6.79. The van der Waals surface area contributed by atoms with Gasteiger partial charge in [0.05, 0.1) is 5.52 Å². The van der Waals surface area contributed by atoms with Crippen LogP contribution in [0, 0.1) is 0 Å². The van der Waals surface area contributed by atoms with Crippen LogP contribution < -0.4 is 0 Å². The zero-order valence-corrected chi connectivity index (χ0v) is 10.5. The van der Waals surface area contributed by atoms with Crippen LogP contribution in [0.15, 0.2) is 24.3 Å². The summed E-state index contributed by atoms with van der Waals surface area (Å²) in [6.45, 7) is 2.24. The van der Waals surface area contributed by atoms with E-state index in [2.05, 4.69) is 31.2 Å². The van der Waals surface area contributed by atoms with Gasteiger partial charge >= 0.3 is 0 Å². The van der Waals surface area contributed by atoms with Crippen LogP contribution >= 0.6 is 0 Å². The number of aromatic nitrogens is 1. The molecule has 1 heterocycles. The fourth-order valence-electron chi connectivity index (χ4n) is 2.87. The molecule has 0 N–H and O–H groups in total. The second-order valence-electron chi connectivity index (χ2n) is 5.04. The summed E-state index contributed by atoms with van der Waals surface area (Å²) in [5.41, 5.74) is 5.49. The van der Waals surface area contributed by atoms with E-state index in [4.69, 9.17) is 4.98 Å². The van der Waals surface area contributed by atoms with Crippen molar-refractivity contribution in [2.45, 2.75) is 45.4 Å². The predicted octanol–water partition coefficient (Wildman–Crippen LogP) is 4.07. The number of pyridine rings is 1. The molecule has 0 saturated heterocycles. The standard InChI is InChI=1S/C16H19N/c1-2-6-12-8-5-10-16-14(12)11-13-7-3-4-9-15(13)17-16/h5,8,10-11H,2-4,6-7,9H2,1H3. The minimum atomic E-state index is 1.16. The Labute approximate surface area is 103 Å². The lowest BCUT2D eigenvalue weighted by Crippen LogP contribution is -2.05. The van der Waals surface area contributed by atoms with Crippen LogP contribution in [-0.4, -0.2) is 4.98 Å². The highest BCUT2D eigenvalue weighted by Crippen LogP contribution is 2.26. The topological polar surface area (TPSA) is 12.9 Å². The minimum absolute atomic E-state index is 1.16. The molecular formula is C16H19N. The first kappa shape index (κ1) is 10.8. The molecule has 0 atom stereocenters. The summed E-state index contributed by atoms with van der Waals surface area (Å²) in [6.07, 6.45) is 7.40. The second-order valence-corrected chi connectivity index (χ2v) is 5.04. The lowest BCUT2D eigenvalue weighted by Gasteiger charge is -2.16. The molecule has 1 aromatic carbocycles. The summed E-state index contributed by atoms with van der Waals surface area (Å²) in [4.78, 5) is 4.86. The van der Waals surface area contributed by atoms with Crippen LogP contribution in [0.5, 0.6) is 0 Å². The third-order valence-electron chi connectivity index (χ3n) is 3.75. The van der Waals surface area contributed by atoms with Crippen LogP contribution in [0.3, 0.4) is 0 Å². The molecule has 3 rings (SSSR count). The Morgan fingerprint density at radius 2 is 2.06 bits per heavy atom. The van der Waals surface area contributed by atoms with Gasteiger partial charge in [0, 0.05) is 11.1 Å². The number of aryl methyl sites for hydroxylation is 3. The first-order valence-corrected chi connectivity index (χ1v) is 6.79. The van der Waals surface area contributed by atoms with Crippen molar-refractivity contribution in [2.75, 3.05) is 0 Å². The summed E-state index contributed by atoms with van der Waals surface area (Å²) in [5.74, 6) is 0. The summed E-state index contributed by atoms with van der Waals surface area (Å²) >= 11 is 0. The van der Waals surface area contributed by atoms with Crippen molar-refractivity contribution in [3.63, 3.8) is 0 Å². The number of hydrogen-bond acceptors (Lipinski definition) is 1. The fourth-order valence-corrected chi connectivity index (χ4v) is 2.87. The van der Waals surface area contributed by atoms with E-state index in [9.17, 15) is 0 Å². The molecule has 0 aliphatic heterocycles. The second kappa shape index (κ2) is 4.48. The summed E-state index contributed by atoms with van der Waals surface area (Å²) in [7, 11) is 0. The molecule has 0 amide bonds. The number of nitrogens with zero attached hydrogens (tertiary/aromatic N) is 1. The van der Waals surface area contributed by atoms with E-state index in [1.165, 1.54) is 59.8 Å². The van der Waals surface area contributed by atoms with Gasteiger partial charge in [0.1, 0.15) is 0 Å². The van der Waals surface area contributed by atoms with Crippen LogP contribution in [0.25, 0.3) is 10.9 Å². The highest BCUT2D eigenvalue weighted by molar-refractivity contribution is 5.83. The van der Waals surface area contributed by atoms with Crippen LogP contribution in [0.1, 0.15) is 43.0 Å². The Morgan fingerprint density at radius 1 is 1.18 bits per heavy atom. The maximum absolute atomic E-state index is 4.86. The third-order valence-corrected chi connectivity index (χ3v) is 3.75. The van der Waals surface area contributed by atoms with Crippen molar-refractivity contribution in [2.24, 2.45) is 0 Å². The molecule has 1 aliphatic carbocycles. The van der Waals surface area contributed by atoms with Gasteiger partial charge in [-0.05, 0) is 55.4 Å². The molecule has 1 nitrogen and oxygen atoms in total. The average Bonchev–Trinajstić information content (AvgIpc) is 2.37. The van der Waals surface area contributed by atoms with Crippen molar-refractivity contribution >= 4 is 10.9 Å². The third kappa shape index (κ3) is 1.95. The van der Waals surface area contributed by atoms with Crippen molar-refractivity contribution in [1.82, 2.24) is 4.98 Å². The molecule has 88 valence electrons. The Bertz CT molecular complexity index is 542. The molecule has 1 aromatic heterocycles. The molecule has 1 heteroatoms. The summed E-state index contributed by atoms with van der Waals surface area (Å²) < 4.78 is 0. The number of benzene rings is 1. The molecule has 17 heavy (non-hydrogen) atoms. The fraction of sp³-hybridized carbons (Fsp3) is 0.438. The molecule has 1 aliphatic rings. The predicted molar refractivity (Wildman–Crippen MR) is 72.4 cm³/mol. The average molecular weight is 225 g/mol. The Kier molecular flexibility index (Phi) is 2.84. The maximum Gasteiger partial charge on any atom is 0.0708 e. The highest BCUT2D eigenvalue weighted by Gasteiger charge is 2.12. The Morgan fingerprint density at radius 3 is 2.94 bits per heavy atom.